The average Bonchev–Trinajstić information content (AvgIpc) is 1.59. The number of aliphatic carboxylic acids is 3. The topological polar surface area (TPSA) is 446 Å². The Balaban J connectivity index is 0.000000137. The van der Waals surface area contributed by atoms with Crippen LogP contribution < -0.4 is 5.32 Å². The summed E-state index contributed by atoms with van der Waals surface area (Å²) in [5, 5.41) is 45.8. The van der Waals surface area contributed by atoms with E-state index < -0.39 is 65.5 Å². The maximum absolute atomic E-state index is 13.2. The van der Waals surface area contributed by atoms with Gasteiger partial charge in [-0.1, -0.05) is 137 Å². The van der Waals surface area contributed by atoms with Crippen LogP contribution in [0.4, 0.5) is 9.59 Å². The maximum Gasteiger partial charge on any atom is 0.411 e. The smallest absolute Gasteiger partial charge is 0.411 e. The highest BCUT2D eigenvalue weighted by molar-refractivity contribution is 9.08. The Hall–Kier alpha value is -13.2. The van der Waals surface area contributed by atoms with Crippen LogP contribution in [-0.2, 0) is 107 Å². The van der Waals surface area contributed by atoms with Crippen molar-refractivity contribution < 1.29 is 101 Å². The highest BCUT2D eigenvalue weighted by Gasteiger charge is 2.61. The number of hydrogen-bond donors (Lipinski definition) is 4. The number of benzene rings is 4. The third-order valence-corrected chi connectivity index (χ3v) is 25.3. The number of pyridine rings is 3. The minimum absolute atomic E-state index is 0. The Labute approximate surface area is 792 Å². The molecular formula is C98H110BrClN14O21. The van der Waals surface area contributed by atoms with Gasteiger partial charge in [-0.15, -0.1) is 12.4 Å². The molecule has 4 amide bonds. The molecule has 37 heteroatoms. The number of nitrogens with one attached hydrogen (secondary N) is 1. The summed E-state index contributed by atoms with van der Waals surface area (Å²) in [5.74, 6) is -2.60. The molecule has 6 aromatic heterocycles. The molecule has 11 heterocycles. The van der Waals surface area contributed by atoms with E-state index in [2.05, 4.69) is 63.6 Å². The van der Waals surface area contributed by atoms with E-state index in [-0.39, 0.29) is 128 Å². The van der Waals surface area contributed by atoms with Crippen molar-refractivity contribution in [1.29, 1.82) is 0 Å². The number of alkyl halides is 1. The van der Waals surface area contributed by atoms with Crippen molar-refractivity contribution in [1.82, 2.24) is 69.2 Å². The minimum atomic E-state index is -1.01. The monoisotopic (exact) mass is 1930 g/mol. The summed E-state index contributed by atoms with van der Waals surface area (Å²) < 4.78 is 31.1. The molecule has 10 fully saturated rings. The zero-order valence-corrected chi connectivity index (χ0v) is 78.6. The number of Topliss-reactive ketones (excluding diaryl/α,β-unsaturated/α-hetero) is 3. The molecule has 0 radical (unpaired) electrons. The lowest BCUT2D eigenvalue weighted by Crippen LogP contribution is -2.46. The summed E-state index contributed by atoms with van der Waals surface area (Å²) in [5.41, 5.74) is 5.72. The Kier molecular flexibility index (Phi) is 31.6. The van der Waals surface area contributed by atoms with Crippen LogP contribution in [0.3, 0.4) is 0 Å². The summed E-state index contributed by atoms with van der Waals surface area (Å²) >= 11 is 3.36. The minimum Gasteiger partial charge on any atom is -0.480 e. The van der Waals surface area contributed by atoms with Crippen LogP contribution in [0.15, 0.2) is 177 Å². The predicted molar refractivity (Wildman–Crippen MR) is 495 cm³/mol. The second-order valence-electron chi connectivity index (χ2n) is 37.0. The number of rotatable bonds is 21. The Morgan fingerprint density at radius 1 is 0.385 bits per heavy atom. The SMILES string of the molecule is BrCc1ccccc1.CC(=O)c1nn(CC(=O)N2[C@@H]3C[C@@H]3C[C@H]2C(=O)O)c2cnccc12.CC(=O)c1nn(CC(=O)N2[C@@H]3C[C@@H]3C[C@H]2C(=O)OCc2ccccc2)c2cnccc12.CC(=O)c1nn(CC(=O)O)c2cnccc12.CC(C)(C)OC(=O)N1[C@@H]2C[C@@H]2C[C@H]1C(=O)O.CC(C)(C)OC(=O)N1[C@@H]2C[C@@H]2C[C@H]1C(=O)OCc1ccccc1.Cl.O=C(OCc1ccccc1)[C@@H]1C[C@H]2C[C@H]2N1. The van der Waals surface area contributed by atoms with Gasteiger partial charge in [0, 0.05) is 91.1 Å². The molecule has 20 rings (SSSR count). The summed E-state index contributed by atoms with van der Waals surface area (Å²) in [6.07, 6.45) is 16.7. The van der Waals surface area contributed by atoms with Crippen LogP contribution in [0, 0.1) is 29.6 Å². The number of ether oxygens (including phenoxy) is 5. The van der Waals surface area contributed by atoms with Gasteiger partial charge in [0.1, 0.15) is 97.9 Å². The summed E-state index contributed by atoms with van der Waals surface area (Å²) in [4.78, 5) is 173. The second kappa shape index (κ2) is 43.0. The number of halogens is 2. The van der Waals surface area contributed by atoms with Crippen molar-refractivity contribution in [3.63, 3.8) is 0 Å². The van der Waals surface area contributed by atoms with Gasteiger partial charge < -0.3 is 54.1 Å². The molecule has 0 bridgehead atoms. The molecular weight excluding hydrogens is 1820 g/mol. The number of carbonyl (C=O) groups is 13. The fourth-order valence-electron chi connectivity index (χ4n) is 17.9. The molecule has 135 heavy (non-hydrogen) atoms. The number of hydrogen-bond acceptors (Lipinski definition) is 25. The van der Waals surface area contributed by atoms with E-state index in [1.165, 1.54) is 62.8 Å². The van der Waals surface area contributed by atoms with Gasteiger partial charge >= 0.3 is 48.0 Å². The van der Waals surface area contributed by atoms with Crippen LogP contribution >= 0.6 is 28.3 Å². The highest BCUT2D eigenvalue weighted by Crippen LogP contribution is 2.52. The predicted octanol–water partition coefficient (Wildman–Crippen LogP) is 12.9. The van der Waals surface area contributed by atoms with E-state index >= 15 is 0 Å². The van der Waals surface area contributed by atoms with Crippen LogP contribution in [0.2, 0.25) is 0 Å². The fraction of sp³-hybridized carbons (Fsp3) is 0.439. The molecule has 5 aliphatic heterocycles. The first-order valence-electron chi connectivity index (χ1n) is 44.7. The van der Waals surface area contributed by atoms with Crippen molar-refractivity contribution in [3.8, 4) is 0 Å². The Bertz CT molecular complexity index is 6020. The van der Waals surface area contributed by atoms with Gasteiger partial charge in [-0.05, 0) is 176 Å². The molecule has 10 aromatic rings. The zero-order chi connectivity index (χ0) is 95.7. The third kappa shape index (κ3) is 25.1. The van der Waals surface area contributed by atoms with E-state index in [9.17, 15) is 67.4 Å². The van der Waals surface area contributed by atoms with E-state index in [4.69, 9.17) is 33.9 Å². The largest absolute Gasteiger partial charge is 0.480 e. The summed E-state index contributed by atoms with van der Waals surface area (Å²) in [6.45, 7) is 15.4. The van der Waals surface area contributed by atoms with Gasteiger partial charge in [0.05, 0.1) is 35.1 Å². The van der Waals surface area contributed by atoms with Crippen molar-refractivity contribution in [2.75, 3.05) is 0 Å². The molecule has 4 aromatic carbocycles. The molecule has 10 aliphatic rings. The van der Waals surface area contributed by atoms with E-state index in [1.54, 1.807) is 79.8 Å². The number of fused-ring (bicyclic) bond motifs is 8. The standard InChI is InChI=1S/C23H22N4O4.C18H23NO4.C16H16N4O4.C13H15NO2.C11H17NO4.C10H9N3O3.C7H7Br.ClH/c1-14(28)22-17-7-8-24-11-20(17)26(25-22)12-21(29)27-18-9-16(18)10-19(27)23(30)31-13-15-5-3-2-4-6-15;1-18(2,3)23-17(21)19-14-9-13(14)10-15(19)16(20)22-11-12-7-5-4-6-8-12;1-8(21)15-10-2-3-17-6-13(10)19(18-15)7-14(22)20-11-4-9(11)5-12(20)16(23)24;15-13(12-7-10-6-11(10)14-12)16-8-9-4-2-1-3-5-9;1-11(2,3)16-10(15)12-7-4-6(7)5-8(12)9(13)14;1-6(14)10-7-2-3-11-4-8(7)13(12-10)5-9(15)16;8-6-7-4-2-1-3-5-7;/h2-8,11,16,18-19H,9-10,12-13H2,1H3;4-8,13-15H,9-11H2,1-3H3;2-3,6,9,11-12H,4-5,7H2,1H3,(H,23,24);1-5,10-12,14H,6-8H2;6-8H,4-5H2,1-3H3,(H,13,14);2-4H,5H2,1H3,(H,15,16);1-5H,6H2;1H/t16-,18-,19+;13-,14-,15+;9-,11-,12+;10-,11-,12+;6-,7-,8+;;;/m11111.../s1. The molecule has 712 valence electrons. The van der Waals surface area contributed by atoms with Crippen molar-refractivity contribution in [2.24, 2.45) is 29.6 Å². The number of likely N-dealkylation sites (tertiary alicyclic amines) is 4. The molecule has 35 nitrogen and oxygen atoms in total. The number of piperidine rings is 5. The normalized spacial score (nSPS) is 23.1. The number of carbonyl (C=O) groups excluding carboxylic acids is 10. The molecule has 0 unspecified atom stereocenters. The lowest BCUT2D eigenvalue weighted by atomic mass is 10.1. The number of aromatic nitrogens is 9. The lowest BCUT2D eigenvalue weighted by molar-refractivity contribution is -0.155. The quantitative estimate of drug-likeness (QED) is 0.0225. The first-order valence-corrected chi connectivity index (χ1v) is 45.9. The summed E-state index contributed by atoms with van der Waals surface area (Å²) in [6, 6.07) is 42.5. The van der Waals surface area contributed by atoms with Crippen LogP contribution in [-0.4, -0.2) is 228 Å². The van der Waals surface area contributed by atoms with Crippen molar-refractivity contribution in [2.45, 2.75) is 243 Å². The molecule has 5 saturated carbocycles. The Morgan fingerprint density at radius 3 is 1.01 bits per heavy atom. The average molecular weight is 1940 g/mol. The number of nitrogens with zero attached hydrogens (tertiary/aromatic N) is 13. The number of ketones is 3. The van der Waals surface area contributed by atoms with E-state index in [1.807, 2.05) is 130 Å². The zero-order valence-electron chi connectivity index (χ0n) is 76.2. The first kappa shape index (κ1) is 99.3. The molecule has 15 atom stereocenters. The third-order valence-electron chi connectivity index (χ3n) is 24.7. The number of amides is 4. The van der Waals surface area contributed by atoms with Gasteiger partial charge in [0.2, 0.25) is 11.8 Å². The Morgan fingerprint density at radius 2 is 0.696 bits per heavy atom. The molecule has 5 aliphatic carbocycles. The fourth-order valence-corrected chi connectivity index (χ4v) is 18.2. The first-order chi connectivity index (χ1) is 64.0. The van der Waals surface area contributed by atoms with Crippen molar-refractivity contribution in [3.05, 3.63) is 216 Å². The second-order valence-corrected chi connectivity index (χ2v) is 37.6. The van der Waals surface area contributed by atoms with E-state index in [0.29, 0.717) is 106 Å². The number of carboxylic acids is 3. The number of carboxylic acid groups (broad SMARTS) is 3. The maximum atomic E-state index is 13.2. The van der Waals surface area contributed by atoms with Gasteiger partial charge in [-0.25, -0.2) is 28.8 Å². The van der Waals surface area contributed by atoms with Crippen LogP contribution in [0.5, 0.6) is 0 Å². The number of esters is 3. The van der Waals surface area contributed by atoms with E-state index in [0.717, 1.165) is 60.0 Å². The van der Waals surface area contributed by atoms with Crippen molar-refractivity contribution >= 4 is 138 Å². The van der Waals surface area contributed by atoms with Crippen LogP contribution in [0.1, 0.15) is 180 Å². The van der Waals surface area contributed by atoms with Gasteiger partial charge in [-0.3, -0.25) is 72.4 Å². The molecule has 5 saturated heterocycles. The molecule has 4 N–H and O–H groups in total. The van der Waals surface area contributed by atoms with Gasteiger partial charge in [0.15, 0.2) is 17.3 Å². The highest BCUT2D eigenvalue weighted by atomic mass is 79.9. The van der Waals surface area contributed by atoms with Gasteiger partial charge in [-0.2, -0.15) is 15.3 Å². The lowest BCUT2D eigenvalue weighted by Gasteiger charge is -2.29. The summed E-state index contributed by atoms with van der Waals surface area (Å²) in [7, 11) is 0. The van der Waals surface area contributed by atoms with Gasteiger partial charge in [0.25, 0.3) is 0 Å². The molecule has 0 spiro atoms. The van der Waals surface area contributed by atoms with Crippen LogP contribution in [0.25, 0.3) is 32.7 Å².